The van der Waals surface area contributed by atoms with Gasteiger partial charge >= 0.3 is 0 Å². The monoisotopic (exact) mass is 256 g/mol. The molecule has 1 aromatic carbocycles. The maximum absolute atomic E-state index is 5.40. The minimum absolute atomic E-state index is 0.0422. The number of nitrogens with zero attached hydrogens (tertiary/aromatic N) is 2. The molecule has 0 bridgehead atoms. The fourth-order valence-corrected chi connectivity index (χ4v) is 2.05. The normalized spacial score (nSPS) is 12.9. The third-order valence-electron chi connectivity index (χ3n) is 3.14. The van der Waals surface area contributed by atoms with Gasteiger partial charge < -0.3 is 14.7 Å². The molecule has 0 aliphatic rings. The van der Waals surface area contributed by atoms with Crippen LogP contribution < -0.4 is 5.32 Å². The lowest BCUT2D eigenvalue weighted by atomic mass is 10.1. The van der Waals surface area contributed by atoms with E-state index < -0.39 is 0 Å². The number of rotatable bonds is 4. The molecule has 0 aliphatic carbocycles. The van der Waals surface area contributed by atoms with Crippen molar-refractivity contribution in [3.8, 4) is 0 Å². The highest BCUT2D eigenvalue weighted by molar-refractivity contribution is 5.79. The average Bonchev–Trinajstić information content (AvgIpc) is 3.03. The second-order valence-corrected chi connectivity index (χ2v) is 4.66. The molecule has 0 saturated carbocycles. The van der Waals surface area contributed by atoms with Crippen LogP contribution in [0, 0.1) is 6.92 Å². The molecule has 0 fully saturated rings. The lowest BCUT2D eigenvalue weighted by molar-refractivity contribution is 0.401. The van der Waals surface area contributed by atoms with Gasteiger partial charge in [-0.1, -0.05) is 12.1 Å². The molecular formula is C14H16N4O. The molecule has 3 rings (SSSR count). The van der Waals surface area contributed by atoms with E-state index in [9.17, 15) is 0 Å². The molecule has 0 spiro atoms. The van der Waals surface area contributed by atoms with Crippen LogP contribution in [-0.2, 0) is 6.54 Å². The molecule has 19 heavy (non-hydrogen) atoms. The van der Waals surface area contributed by atoms with Gasteiger partial charge in [0.15, 0.2) is 0 Å². The van der Waals surface area contributed by atoms with Gasteiger partial charge in [-0.15, -0.1) is 10.2 Å². The summed E-state index contributed by atoms with van der Waals surface area (Å²) in [6, 6.07) is 8.49. The molecule has 3 aromatic rings. The summed E-state index contributed by atoms with van der Waals surface area (Å²) in [6.45, 7) is 4.57. The van der Waals surface area contributed by atoms with Gasteiger partial charge in [0.25, 0.3) is 0 Å². The van der Waals surface area contributed by atoms with Crippen LogP contribution in [0.2, 0.25) is 0 Å². The lowest BCUT2D eigenvalue weighted by Gasteiger charge is -2.09. The number of hydrogen-bond acceptors (Lipinski definition) is 4. The van der Waals surface area contributed by atoms with Gasteiger partial charge in [-0.25, -0.2) is 0 Å². The predicted molar refractivity (Wildman–Crippen MR) is 72.6 cm³/mol. The molecule has 2 N–H and O–H groups in total. The molecule has 0 amide bonds. The van der Waals surface area contributed by atoms with Gasteiger partial charge in [0.1, 0.15) is 0 Å². The van der Waals surface area contributed by atoms with Crippen molar-refractivity contribution in [3.05, 3.63) is 47.8 Å². The topological polar surface area (TPSA) is 66.7 Å². The van der Waals surface area contributed by atoms with Crippen LogP contribution in [0.1, 0.15) is 30.3 Å². The van der Waals surface area contributed by atoms with Crippen molar-refractivity contribution in [1.82, 2.24) is 20.5 Å². The fourth-order valence-electron chi connectivity index (χ4n) is 2.05. The van der Waals surface area contributed by atoms with E-state index in [1.54, 1.807) is 6.92 Å². The summed E-state index contributed by atoms with van der Waals surface area (Å²) >= 11 is 0. The van der Waals surface area contributed by atoms with Crippen molar-refractivity contribution in [2.24, 2.45) is 0 Å². The van der Waals surface area contributed by atoms with E-state index in [4.69, 9.17) is 4.42 Å². The number of aryl methyl sites for hydroxylation is 1. The zero-order valence-corrected chi connectivity index (χ0v) is 11.0. The van der Waals surface area contributed by atoms with Crippen LogP contribution in [0.25, 0.3) is 10.9 Å². The molecule has 98 valence electrons. The van der Waals surface area contributed by atoms with E-state index in [1.807, 2.05) is 13.1 Å². The molecule has 0 aliphatic heterocycles. The van der Waals surface area contributed by atoms with E-state index >= 15 is 0 Å². The first-order chi connectivity index (χ1) is 9.22. The Morgan fingerprint density at radius 3 is 3.00 bits per heavy atom. The first-order valence-corrected chi connectivity index (χ1v) is 6.32. The first kappa shape index (κ1) is 11.9. The van der Waals surface area contributed by atoms with Gasteiger partial charge in [0.05, 0.1) is 6.04 Å². The maximum atomic E-state index is 5.40. The van der Waals surface area contributed by atoms with Crippen LogP contribution >= 0.6 is 0 Å². The van der Waals surface area contributed by atoms with Crippen molar-refractivity contribution >= 4 is 10.9 Å². The van der Waals surface area contributed by atoms with Crippen molar-refractivity contribution in [3.63, 3.8) is 0 Å². The summed E-state index contributed by atoms with van der Waals surface area (Å²) in [7, 11) is 0. The number of aromatic amines is 1. The molecule has 5 heteroatoms. The van der Waals surface area contributed by atoms with Crippen LogP contribution in [0.5, 0.6) is 0 Å². The fraction of sp³-hybridized carbons (Fsp3) is 0.286. The molecule has 2 aromatic heterocycles. The van der Waals surface area contributed by atoms with E-state index in [0.29, 0.717) is 11.8 Å². The summed E-state index contributed by atoms with van der Waals surface area (Å²) in [5.41, 5.74) is 2.37. The second-order valence-electron chi connectivity index (χ2n) is 4.66. The average molecular weight is 256 g/mol. The van der Waals surface area contributed by atoms with Gasteiger partial charge in [-0.2, -0.15) is 0 Å². The highest BCUT2D eigenvalue weighted by atomic mass is 16.4. The van der Waals surface area contributed by atoms with Crippen molar-refractivity contribution < 1.29 is 4.42 Å². The van der Waals surface area contributed by atoms with Crippen molar-refractivity contribution in [2.75, 3.05) is 0 Å². The van der Waals surface area contributed by atoms with Gasteiger partial charge in [-0.3, -0.25) is 0 Å². The smallest absolute Gasteiger partial charge is 0.233 e. The highest BCUT2D eigenvalue weighted by Crippen LogP contribution is 2.15. The second kappa shape index (κ2) is 4.85. The van der Waals surface area contributed by atoms with Crippen molar-refractivity contribution in [1.29, 1.82) is 0 Å². The molecule has 5 nitrogen and oxygen atoms in total. The van der Waals surface area contributed by atoms with E-state index in [2.05, 4.69) is 44.8 Å². The summed E-state index contributed by atoms with van der Waals surface area (Å²) in [5, 5.41) is 12.5. The van der Waals surface area contributed by atoms with E-state index in [0.717, 1.165) is 12.1 Å². The molecule has 2 heterocycles. The largest absolute Gasteiger partial charge is 0.424 e. The third kappa shape index (κ3) is 2.51. The van der Waals surface area contributed by atoms with Gasteiger partial charge in [-0.05, 0) is 30.0 Å². The highest BCUT2D eigenvalue weighted by Gasteiger charge is 2.11. The number of benzene rings is 1. The maximum Gasteiger partial charge on any atom is 0.233 e. The van der Waals surface area contributed by atoms with Gasteiger partial charge in [0, 0.05) is 25.2 Å². The van der Waals surface area contributed by atoms with Crippen molar-refractivity contribution in [2.45, 2.75) is 26.4 Å². The Balaban J connectivity index is 1.68. The zero-order valence-electron chi connectivity index (χ0n) is 11.0. The zero-order chi connectivity index (χ0) is 13.2. The van der Waals surface area contributed by atoms with Crippen LogP contribution in [-0.4, -0.2) is 15.2 Å². The summed E-state index contributed by atoms with van der Waals surface area (Å²) in [5.74, 6) is 1.22. The summed E-state index contributed by atoms with van der Waals surface area (Å²) in [4.78, 5) is 3.21. The molecule has 0 radical (unpaired) electrons. The Bertz CT molecular complexity index is 685. The Morgan fingerprint density at radius 2 is 2.21 bits per heavy atom. The number of aromatic nitrogens is 3. The lowest BCUT2D eigenvalue weighted by Crippen LogP contribution is -2.18. The number of H-pyrrole nitrogens is 1. The Hall–Kier alpha value is -2.14. The molecular weight excluding hydrogens is 240 g/mol. The quantitative estimate of drug-likeness (QED) is 0.753. The van der Waals surface area contributed by atoms with E-state index in [-0.39, 0.29) is 6.04 Å². The molecule has 0 saturated heterocycles. The van der Waals surface area contributed by atoms with Crippen LogP contribution in [0.4, 0.5) is 0 Å². The molecule has 1 atom stereocenters. The number of nitrogens with one attached hydrogen (secondary N) is 2. The summed E-state index contributed by atoms with van der Waals surface area (Å²) < 4.78 is 5.40. The standard InChI is InChI=1S/C14H16N4O/c1-9(14-18-17-10(2)19-14)16-8-11-3-4-12-5-6-15-13(12)7-11/h3-7,9,15-16H,8H2,1-2H3. The summed E-state index contributed by atoms with van der Waals surface area (Å²) in [6.07, 6.45) is 1.95. The third-order valence-corrected chi connectivity index (χ3v) is 3.14. The van der Waals surface area contributed by atoms with Crippen LogP contribution in [0.15, 0.2) is 34.9 Å². The Labute approximate surface area is 111 Å². The Kier molecular flexibility index (Phi) is 3.05. The predicted octanol–water partition coefficient (Wildman–Crippen LogP) is 2.71. The number of hydrogen-bond donors (Lipinski definition) is 2. The molecule has 1 unspecified atom stereocenters. The Morgan fingerprint density at radius 1 is 1.32 bits per heavy atom. The SMILES string of the molecule is Cc1nnc(C(C)NCc2ccc3cc[nH]c3c2)o1. The minimum Gasteiger partial charge on any atom is -0.424 e. The number of fused-ring (bicyclic) bond motifs is 1. The van der Waals surface area contributed by atoms with Crippen LogP contribution in [0.3, 0.4) is 0 Å². The van der Waals surface area contributed by atoms with Gasteiger partial charge in [0.2, 0.25) is 11.8 Å². The van der Waals surface area contributed by atoms with E-state index in [1.165, 1.54) is 10.9 Å². The minimum atomic E-state index is 0.0422. The first-order valence-electron chi connectivity index (χ1n) is 6.32.